The van der Waals surface area contributed by atoms with Crippen molar-refractivity contribution in [1.29, 1.82) is 0 Å². The van der Waals surface area contributed by atoms with Gasteiger partial charge in [-0.3, -0.25) is 9.78 Å². The van der Waals surface area contributed by atoms with Crippen LogP contribution in [0.1, 0.15) is 57.2 Å². The van der Waals surface area contributed by atoms with E-state index in [1.165, 1.54) is 6.07 Å². The number of carbonyl (C=O) groups excluding carboxylic acids is 1. The van der Waals surface area contributed by atoms with Gasteiger partial charge in [0.1, 0.15) is 11.7 Å². The van der Waals surface area contributed by atoms with Crippen LogP contribution in [-0.4, -0.2) is 21.0 Å². The van der Waals surface area contributed by atoms with Crippen molar-refractivity contribution in [3.8, 4) is 11.4 Å². The SMILES string of the molecule is CC(NC(=O)[C@H]1CC[C@@H](C)CC1)c1nc(-c2ccnc(C(F)(F)F)c2)no1. The van der Waals surface area contributed by atoms with E-state index in [9.17, 15) is 18.0 Å². The van der Waals surface area contributed by atoms with Crippen molar-refractivity contribution in [3.63, 3.8) is 0 Å². The lowest BCUT2D eigenvalue weighted by Crippen LogP contribution is -2.34. The lowest BCUT2D eigenvalue weighted by molar-refractivity contribution is -0.141. The minimum atomic E-state index is -4.55. The van der Waals surface area contributed by atoms with Crippen molar-refractivity contribution in [1.82, 2.24) is 20.4 Å². The zero-order valence-corrected chi connectivity index (χ0v) is 15.1. The van der Waals surface area contributed by atoms with Gasteiger partial charge < -0.3 is 9.84 Å². The largest absolute Gasteiger partial charge is 0.433 e. The number of amides is 1. The van der Waals surface area contributed by atoms with Crippen molar-refractivity contribution < 1.29 is 22.5 Å². The Hall–Kier alpha value is -2.45. The van der Waals surface area contributed by atoms with Gasteiger partial charge >= 0.3 is 6.18 Å². The molecule has 0 radical (unpaired) electrons. The van der Waals surface area contributed by atoms with Gasteiger partial charge in [0.05, 0.1) is 0 Å². The highest BCUT2D eigenvalue weighted by Gasteiger charge is 2.33. The van der Waals surface area contributed by atoms with Gasteiger partial charge in [-0.1, -0.05) is 12.1 Å². The number of carbonyl (C=O) groups is 1. The second kappa shape index (κ2) is 7.66. The summed E-state index contributed by atoms with van der Waals surface area (Å²) in [7, 11) is 0. The fourth-order valence-electron chi connectivity index (χ4n) is 3.17. The maximum atomic E-state index is 12.8. The normalized spacial score (nSPS) is 21.7. The standard InChI is InChI=1S/C18H21F3N4O2/c1-10-3-5-12(6-4-10)16(26)23-11(2)17-24-15(25-27-17)13-7-8-22-14(9-13)18(19,20)21/h7-12H,3-6H2,1-2H3,(H,23,26)/t10-,11?,12+. The van der Waals surface area contributed by atoms with Crippen LogP contribution in [0.15, 0.2) is 22.9 Å². The van der Waals surface area contributed by atoms with Crippen LogP contribution in [-0.2, 0) is 11.0 Å². The van der Waals surface area contributed by atoms with E-state index in [-0.39, 0.29) is 29.1 Å². The Morgan fingerprint density at radius 3 is 2.67 bits per heavy atom. The highest BCUT2D eigenvalue weighted by molar-refractivity contribution is 5.79. The molecule has 1 aliphatic carbocycles. The number of alkyl halides is 3. The molecule has 0 spiro atoms. The van der Waals surface area contributed by atoms with Crippen molar-refractivity contribution in [3.05, 3.63) is 29.9 Å². The summed E-state index contributed by atoms with van der Waals surface area (Å²) in [5.41, 5.74) is -0.883. The lowest BCUT2D eigenvalue weighted by Gasteiger charge is -2.26. The monoisotopic (exact) mass is 382 g/mol. The predicted octanol–water partition coefficient (Wildman–Crippen LogP) is 4.15. The van der Waals surface area contributed by atoms with Gasteiger partial charge in [0.2, 0.25) is 17.6 Å². The molecule has 146 valence electrons. The van der Waals surface area contributed by atoms with E-state index in [0.717, 1.165) is 37.9 Å². The number of aromatic nitrogens is 3. The van der Waals surface area contributed by atoms with Crippen LogP contribution < -0.4 is 5.32 Å². The molecule has 0 bridgehead atoms. The highest BCUT2D eigenvalue weighted by Crippen LogP contribution is 2.31. The van der Waals surface area contributed by atoms with Crippen LogP contribution in [0.3, 0.4) is 0 Å². The summed E-state index contributed by atoms with van der Waals surface area (Å²) in [5.74, 6) is 0.725. The zero-order valence-electron chi connectivity index (χ0n) is 15.1. The summed E-state index contributed by atoms with van der Waals surface area (Å²) in [5, 5.41) is 6.58. The maximum Gasteiger partial charge on any atom is 0.433 e. The molecule has 2 aromatic rings. The summed E-state index contributed by atoms with van der Waals surface area (Å²) in [4.78, 5) is 19.8. The smallest absolute Gasteiger partial charge is 0.344 e. The van der Waals surface area contributed by atoms with Gasteiger partial charge in [0, 0.05) is 17.7 Å². The summed E-state index contributed by atoms with van der Waals surface area (Å²) in [6, 6.07) is 1.71. The van der Waals surface area contributed by atoms with E-state index >= 15 is 0 Å². The molecule has 0 saturated heterocycles. The van der Waals surface area contributed by atoms with Gasteiger partial charge in [-0.05, 0) is 50.7 Å². The van der Waals surface area contributed by atoms with Gasteiger partial charge in [-0.15, -0.1) is 0 Å². The first kappa shape index (κ1) is 19.3. The minimum absolute atomic E-state index is 0.0190. The number of rotatable bonds is 4. The first-order valence-corrected chi connectivity index (χ1v) is 8.91. The van der Waals surface area contributed by atoms with Crippen LogP contribution in [0.2, 0.25) is 0 Å². The molecule has 3 rings (SSSR count). The van der Waals surface area contributed by atoms with Crippen molar-refractivity contribution in [2.45, 2.75) is 51.7 Å². The average Bonchev–Trinajstić information content (AvgIpc) is 3.12. The molecule has 2 aromatic heterocycles. The first-order chi connectivity index (χ1) is 12.7. The number of halogens is 3. The number of pyridine rings is 1. The number of hydrogen-bond donors (Lipinski definition) is 1. The molecule has 6 nitrogen and oxygen atoms in total. The predicted molar refractivity (Wildman–Crippen MR) is 90.2 cm³/mol. The molecule has 0 aliphatic heterocycles. The van der Waals surface area contributed by atoms with Crippen LogP contribution in [0, 0.1) is 11.8 Å². The van der Waals surface area contributed by atoms with Gasteiger partial charge in [0.15, 0.2) is 0 Å². The Bertz CT molecular complexity index is 798. The fourth-order valence-corrected chi connectivity index (χ4v) is 3.17. The molecule has 1 fully saturated rings. The average molecular weight is 382 g/mol. The Kier molecular flexibility index (Phi) is 5.48. The molecule has 1 N–H and O–H groups in total. The van der Waals surface area contributed by atoms with Crippen LogP contribution in [0.4, 0.5) is 13.2 Å². The molecule has 9 heteroatoms. The Morgan fingerprint density at radius 2 is 2.00 bits per heavy atom. The van der Waals surface area contributed by atoms with Gasteiger partial charge in [0.25, 0.3) is 0 Å². The number of nitrogens with zero attached hydrogens (tertiary/aromatic N) is 3. The Balaban J connectivity index is 1.67. The first-order valence-electron chi connectivity index (χ1n) is 8.91. The second-order valence-corrected chi connectivity index (χ2v) is 7.07. The van der Waals surface area contributed by atoms with E-state index in [0.29, 0.717) is 5.92 Å². The number of hydrogen-bond acceptors (Lipinski definition) is 5. The molecule has 1 unspecified atom stereocenters. The second-order valence-electron chi connectivity index (χ2n) is 7.07. The summed E-state index contributed by atoms with van der Waals surface area (Å²) in [6.07, 6.45) is 0.254. The maximum absolute atomic E-state index is 12.8. The third-order valence-electron chi connectivity index (χ3n) is 4.87. The molecular weight excluding hydrogens is 361 g/mol. The third-order valence-corrected chi connectivity index (χ3v) is 4.87. The number of nitrogens with one attached hydrogen (secondary N) is 1. The van der Waals surface area contributed by atoms with Crippen LogP contribution in [0.25, 0.3) is 11.4 Å². The molecule has 1 amide bonds. The van der Waals surface area contributed by atoms with E-state index in [2.05, 4.69) is 27.4 Å². The Morgan fingerprint density at radius 1 is 1.30 bits per heavy atom. The lowest BCUT2D eigenvalue weighted by atomic mass is 9.82. The summed E-state index contributed by atoms with van der Waals surface area (Å²) < 4.78 is 43.5. The van der Waals surface area contributed by atoms with Gasteiger partial charge in [-0.25, -0.2) is 0 Å². The molecule has 1 atom stereocenters. The molecular formula is C18H21F3N4O2. The fraction of sp³-hybridized carbons (Fsp3) is 0.556. The van der Waals surface area contributed by atoms with E-state index < -0.39 is 17.9 Å². The molecule has 27 heavy (non-hydrogen) atoms. The third kappa shape index (κ3) is 4.64. The minimum Gasteiger partial charge on any atom is -0.344 e. The highest BCUT2D eigenvalue weighted by atomic mass is 19.4. The van der Waals surface area contributed by atoms with Crippen molar-refractivity contribution >= 4 is 5.91 Å². The summed E-state index contributed by atoms with van der Waals surface area (Å²) >= 11 is 0. The van der Waals surface area contributed by atoms with Crippen LogP contribution in [0.5, 0.6) is 0 Å². The molecule has 0 aromatic carbocycles. The van der Waals surface area contributed by atoms with Gasteiger partial charge in [-0.2, -0.15) is 18.2 Å². The van der Waals surface area contributed by atoms with Crippen LogP contribution >= 0.6 is 0 Å². The topological polar surface area (TPSA) is 80.9 Å². The quantitative estimate of drug-likeness (QED) is 0.859. The molecule has 2 heterocycles. The molecule has 1 aliphatic rings. The van der Waals surface area contributed by atoms with E-state index in [4.69, 9.17) is 4.52 Å². The van der Waals surface area contributed by atoms with Crippen molar-refractivity contribution in [2.24, 2.45) is 11.8 Å². The van der Waals surface area contributed by atoms with E-state index in [1.54, 1.807) is 6.92 Å². The van der Waals surface area contributed by atoms with E-state index in [1.807, 2.05) is 0 Å². The zero-order chi connectivity index (χ0) is 19.6. The van der Waals surface area contributed by atoms with Crippen molar-refractivity contribution in [2.75, 3.05) is 0 Å². The Labute approximate surface area is 154 Å². The molecule has 1 saturated carbocycles. The summed E-state index contributed by atoms with van der Waals surface area (Å²) in [6.45, 7) is 3.88.